The standard InChI is InChI=1S/C22H22ClN3O4S/c1-14(2)31(28,29)19-8-6-15(7-9-19)10-20(27)26-12-17(13-26)22-24-21(25-30-22)16-4-3-5-18(23)11-16/h3-9,11,14,17H,10,12-13H2,1-2H3. The van der Waals surface area contributed by atoms with E-state index in [-0.39, 0.29) is 23.1 Å². The van der Waals surface area contributed by atoms with Crippen molar-refractivity contribution in [2.75, 3.05) is 13.1 Å². The highest BCUT2D eigenvalue weighted by Gasteiger charge is 2.35. The molecule has 4 rings (SSSR count). The van der Waals surface area contributed by atoms with E-state index in [0.29, 0.717) is 29.8 Å². The van der Waals surface area contributed by atoms with Crippen molar-refractivity contribution in [1.82, 2.24) is 15.0 Å². The Morgan fingerprint density at radius 2 is 1.90 bits per heavy atom. The minimum absolute atomic E-state index is 0.00273. The fourth-order valence-electron chi connectivity index (χ4n) is 3.34. The van der Waals surface area contributed by atoms with Crippen LogP contribution < -0.4 is 0 Å². The Labute approximate surface area is 185 Å². The summed E-state index contributed by atoms with van der Waals surface area (Å²) in [6, 6.07) is 13.7. The summed E-state index contributed by atoms with van der Waals surface area (Å²) in [6.45, 7) is 4.31. The zero-order chi connectivity index (χ0) is 22.2. The molecule has 0 unspecified atom stereocenters. The van der Waals surface area contributed by atoms with Crippen LogP contribution in [-0.4, -0.2) is 47.7 Å². The minimum Gasteiger partial charge on any atom is -0.341 e. The van der Waals surface area contributed by atoms with Gasteiger partial charge in [-0.05, 0) is 43.7 Å². The first-order chi connectivity index (χ1) is 14.7. The molecule has 0 spiro atoms. The van der Waals surface area contributed by atoms with Crippen LogP contribution in [0.2, 0.25) is 5.02 Å². The van der Waals surface area contributed by atoms with Crippen LogP contribution in [0.3, 0.4) is 0 Å². The maximum atomic E-state index is 12.6. The third-order valence-corrected chi connectivity index (χ3v) is 7.74. The maximum Gasteiger partial charge on any atom is 0.233 e. The number of halogens is 1. The number of amides is 1. The average molecular weight is 460 g/mol. The molecule has 2 aromatic carbocycles. The summed E-state index contributed by atoms with van der Waals surface area (Å²) in [5.74, 6) is 0.953. The summed E-state index contributed by atoms with van der Waals surface area (Å²) in [5, 5.41) is 4.12. The molecular weight excluding hydrogens is 438 g/mol. The number of nitrogens with zero attached hydrogens (tertiary/aromatic N) is 3. The van der Waals surface area contributed by atoms with Gasteiger partial charge in [0.15, 0.2) is 9.84 Å². The lowest BCUT2D eigenvalue weighted by molar-refractivity contribution is -0.135. The number of carbonyl (C=O) groups excluding carboxylic acids is 1. The van der Waals surface area contributed by atoms with Crippen molar-refractivity contribution in [3.05, 3.63) is 65.0 Å². The monoisotopic (exact) mass is 459 g/mol. The Bertz CT molecular complexity index is 1200. The van der Waals surface area contributed by atoms with Gasteiger partial charge in [0.25, 0.3) is 0 Å². The van der Waals surface area contributed by atoms with E-state index in [1.165, 1.54) is 0 Å². The number of hydrogen-bond donors (Lipinski definition) is 0. The molecule has 3 aromatic rings. The topological polar surface area (TPSA) is 93.4 Å². The first kappa shape index (κ1) is 21.5. The first-order valence-corrected chi connectivity index (χ1v) is 11.9. The molecule has 1 aliphatic rings. The Morgan fingerprint density at radius 3 is 2.55 bits per heavy atom. The predicted molar refractivity (Wildman–Crippen MR) is 117 cm³/mol. The molecule has 162 valence electrons. The van der Waals surface area contributed by atoms with Crippen molar-refractivity contribution in [3.63, 3.8) is 0 Å². The summed E-state index contributed by atoms with van der Waals surface area (Å²) < 4.78 is 29.8. The van der Waals surface area contributed by atoms with Crippen molar-refractivity contribution < 1.29 is 17.7 Å². The van der Waals surface area contributed by atoms with Crippen LogP contribution in [0.15, 0.2) is 57.9 Å². The van der Waals surface area contributed by atoms with E-state index in [2.05, 4.69) is 10.1 Å². The van der Waals surface area contributed by atoms with E-state index in [1.807, 2.05) is 12.1 Å². The van der Waals surface area contributed by atoms with Crippen LogP contribution in [0.4, 0.5) is 0 Å². The molecule has 1 aromatic heterocycles. The second-order valence-electron chi connectivity index (χ2n) is 7.88. The van der Waals surface area contributed by atoms with Crippen LogP contribution in [0.25, 0.3) is 11.4 Å². The molecule has 31 heavy (non-hydrogen) atoms. The van der Waals surface area contributed by atoms with Gasteiger partial charge in [-0.15, -0.1) is 0 Å². The van der Waals surface area contributed by atoms with Crippen molar-refractivity contribution >= 4 is 27.3 Å². The smallest absolute Gasteiger partial charge is 0.233 e. The quantitative estimate of drug-likeness (QED) is 0.557. The number of rotatable bonds is 6. The van der Waals surface area contributed by atoms with Gasteiger partial charge in [-0.2, -0.15) is 4.98 Å². The van der Waals surface area contributed by atoms with Crippen molar-refractivity contribution in [2.24, 2.45) is 0 Å². The van der Waals surface area contributed by atoms with Gasteiger partial charge in [-0.1, -0.05) is 41.0 Å². The Kier molecular flexibility index (Phi) is 5.85. The maximum absolute atomic E-state index is 12.6. The second-order valence-corrected chi connectivity index (χ2v) is 10.8. The zero-order valence-electron chi connectivity index (χ0n) is 17.2. The summed E-state index contributed by atoms with van der Waals surface area (Å²) in [7, 11) is -3.32. The SMILES string of the molecule is CC(C)S(=O)(=O)c1ccc(CC(=O)N2CC(c3nc(-c4cccc(Cl)c4)no3)C2)cc1. The average Bonchev–Trinajstić information content (AvgIpc) is 3.17. The molecule has 9 heteroatoms. The first-order valence-electron chi connectivity index (χ1n) is 9.94. The number of benzene rings is 2. The third-order valence-electron chi connectivity index (χ3n) is 5.34. The largest absolute Gasteiger partial charge is 0.341 e. The molecule has 1 aliphatic heterocycles. The Hall–Kier alpha value is -2.71. The van der Waals surface area contributed by atoms with Crippen LogP contribution in [0, 0.1) is 0 Å². The zero-order valence-corrected chi connectivity index (χ0v) is 18.7. The van der Waals surface area contributed by atoms with Gasteiger partial charge < -0.3 is 9.42 Å². The fourth-order valence-corrected chi connectivity index (χ4v) is 4.59. The van der Waals surface area contributed by atoms with E-state index in [1.54, 1.807) is 55.1 Å². The molecule has 2 heterocycles. The molecule has 0 N–H and O–H groups in total. The van der Waals surface area contributed by atoms with Gasteiger partial charge in [0.1, 0.15) is 0 Å². The van der Waals surface area contributed by atoms with Crippen LogP contribution in [-0.2, 0) is 21.1 Å². The second kappa shape index (κ2) is 8.43. The summed E-state index contributed by atoms with van der Waals surface area (Å²) >= 11 is 6.01. The molecule has 0 atom stereocenters. The molecule has 0 radical (unpaired) electrons. The highest BCUT2D eigenvalue weighted by Crippen LogP contribution is 2.29. The van der Waals surface area contributed by atoms with Gasteiger partial charge in [0.2, 0.25) is 17.6 Å². The highest BCUT2D eigenvalue weighted by atomic mass is 35.5. The molecule has 1 amide bonds. The van der Waals surface area contributed by atoms with E-state index in [0.717, 1.165) is 11.1 Å². The van der Waals surface area contributed by atoms with E-state index in [9.17, 15) is 13.2 Å². The van der Waals surface area contributed by atoms with E-state index in [4.69, 9.17) is 16.1 Å². The third kappa shape index (κ3) is 4.50. The van der Waals surface area contributed by atoms with Crippen LogP contribution in [0.1, 0.15) is 31.2 Å². The molecule has 0 saturated carbocycles. The van der Waals surface area contributed by atoms with Gasteiger partial charge in [-0.25, -0.2) is 8.42 Å². The summed E-state index contributed by atoms with van der Waals surface area (Å²) in [5.41, 5.74) is 1.55. The fraction of sp³-hybridized carbons (Fsp3) is 0.318. The lowest BCUT2D eigenvalue weighted by atomic mass is 9.99. The van der Waals surface area contributed by atoms with Crippen molar-refractivity contribution in [2.45, 2.75) is 36.3 Å². The van der Waals surface area contributed by atoms with Gasteiger partial charge >= 0.3 is 0 Å². The van der Waals surface area contributed by atoms with E-state index < -0.39 is 15.1 Å². The number of likely N-dealkylation sites (tertiary alicyclic amines) is 1. The lowest BCUT2D eigenvalue weighted by Gasteiger charge is -2.37. The highest BCUT2D eigenvalue weighted by molar-refractivity contribution is 7.92. The van der Waals surface area contributed by atoms with Gasteiger partial charge in [0, 0.05) is 23.7 Å². The lowest BCUT2D eigenvalue weighted by Crippen LogP contribution is -2.49. The number of sulfone groups is 1. The van der Waals surface area contributed by atoms with Crippen molar-refractivity contribution in [1.29, 1.82) is 0 Å². The van der Waals surface area contributed by atoms with Crippen LogP contribution >= 0.6 is 11.6 Å². The molecule has 1 fully saturated rings. The van der Waals surface area contributed by atoms with Crippen LogP contribution in [0.5, 0.6) is 0 Å². The number of carbonyl (C=O) groups is 1. The Morgan fingerprint density at radius 1 is 1.19 bits per heavy atom. The normalized spacial score (nSPS) is 14.6. The molecular formula is C22H22ClN3O4S. The van der Waals surface area contributed by atoms with Gasteiger partial charge in [-0.3, -0.25) is 4.79 Å². The molecule has 0 bridgehead atoms. The van der Waals surface area contributed by atoms with Crippen molar-refractivity contribution in [3.8, 4) is 11.4 Å². The molecule has 7 nitrogen and oxygen atoms in total. The number of aromatic nitrogens is 2. The Balaban J connectivity index is 1.34. The minimum atomic E-state index is -3.32. The summed E-state index contributed by atoms with van der Waals surface area (Å²) in [6.07, 6.45) is 0.215. The molecule has 1 saturated heterocycles. The van der Waals surface area contributed by atoms with Gasteiger partial charge in [0.05, 0.1) is 22.5 Å². The summed E-state index contributed by atoms with van der Waals surface area (Å²) in [4.78, 5) is 19.0. The molecule has 0 aliphatic carbocycles. The predicted octanol–water partition coefficient (Wildman–Crippen LogP) is 3.74. The number of hydrogen-bond acceptors (Lipinski definition) is 6. The van der Waals surface area contributed by atoms with E-state index >= 15 is 0 Å².